The first kappa shape index (κ1) is 30.4. The lowest BCUT2D eigenvalue weighted by atomic mass is 10.1. The maximum Gasteiger partial charge on any atom is 0.254 e. The second-order valence-corrected chi connectivity index (χ2v) is 12.7. The van der Waals surface area contributed by atoms with E-state index in [2.05, 4.69) is 94.0 Å². The lowest BCUT2D eigenvalue weighted by molar-refractivity contribution is 0.0638. The molecule has 2 fully saturated rings. The van der Waals surface area contributed by atoms with E-state index in [-0.39, 0.29) is 5.91 Å². The Bertz CT molecular complexity index is 1550. The number of anilines is 2. The summed E-state index contributed by atoms with van der Waals surface area (Å²) < 4.78 is 2.49. The van der Waals surface area contributed by atoms with Crippen LogP contribution < -0.4 is 5.32 Å². The van der Waals surface area contributed by atoms with Crippen molar-refractivity contribution < 1.29 is 4.79 Å². The molecule has 2 aliphatic heterocycles. The molecule has 0 aliphatic carbocycles. The summed E-state index contributed by atoms with van der Waals surface area (Å²) in [6.07, 6.45) is 2.21. The smallest absolute Gasteiger partial charge is 0.254 e. The average molecular weight is 593 g/mol. The molecule has 0 bridgehead atoms. The molecule has 6 rings (SSSR count). The third kappa shape index (κ3) is 7.17. The van der Waals surface area contributed by atoms with Crippen LogP contribution in [0.4, 0.5) is 11.4 Å². The predicted molar refractivity (Wildman–Crippen MR) is 182 cm³/mol. The number of likely N-dealkylation sites (N-methyl/N-ethyl adjacent to an activating group) is 1. The minimum Gasteiger partial charge on any atom is -0.355 e. The van der Waals surface area contributed by atoms with Gasteiger partial charge in [0.1, 0.15) is 0 Å². The van der Waals surface area contributed by atoms with Crippen molar-refractivity contribution in [2.24, 2.45) is 0 Å². The van der Waals surface area contributed by atoms with Crippen molar-refractivity contribution >= 4 is 28.2 Å². The highest BCUT2D eigenvalue weighted by Crippen LogP contribution is 2.30. The molecule has 7 nitrogen and oxygen atoms in total. The Hall–Kier alpha value is -3.65. The molecule has 2 aliphatic rings. The summed E-state index contributed by atoms with van der Waals surface area (Å²) in [4.78, 5) is 22.9. The third-order valence-electron chi connectivity index (χ3n) is 9.71. The van der Waals surface area contributed by atoms with E-state index >= 15 is 0 Å². The molecule has 3 aromatic carbocycles. The van der Waals surface area contributed by atoms with Gasteiger partial charge in [0.25, 0.3) is 5.91 Å². The number of amides is 1. The van der Waals surface area contributed by atoms with Gasteiger partial charge in [0.05, 0.1) is 0 Å². The summed E-state index contributed by atoms with van der Waals surface area (Å²) in [5.74, 6) is 0.118. The molecule has 0 saturated carbocycles. The van der Waals surface area contributed by atoms with Crippen molar-refractivity contribution in [1.29, 1.82) is 0 Å². The molecule has 1 aromatic heterocycles. The second kappa shape index (κ2) is 14.0. The number of carbonyl (C=O) groups excluding carboxylic acids is 1. The fourth-order valence-electron chi connectivity index (χ4n) is 6.73. The number of hydrogen-bond acceptors (Lipinski definition) is 5. The molecule has 0 radical (unpaired) electrons. The van der Waals surface area contributed by atoms with Gasteiger partial charge in [-0.05, 0) is 87.8 Å². The Balaban J connectivity index is 1.05. The summed E-state index contributed by atoms with van der Waals surface area (Å²) in [6, 6.07) is 25.3. The number of piperazine rings is 2. The van der Waals surface area contributed by atoms with E-state index in [1.807, 2.05) is 29.2 Å². The number of nitrogens with one attached hydrogen (secondary N) is 1. The van der Waals surface area contributed by atoms with Crippen molar-refractivity contribution in [1.82, 2.24) is 24.2 Å². The van der Waals surface area contributed by atoms with E-state index in [0.717, 1.165) is 75.6 Å². The molecule has 0 atom stereocenters. The number of aromatic nitrogens is 1. The molecule has 2 saturated heterocycles. The molecule has 4 aromatic rings. The van der Waals surface area contributed by atoms with Gasteiger partial charge in [-0.15, -0.1) is 0 Å². The van der Waals surface area contributed by atoms with E-state index in [1.165, 1.54) is 53.9 Å². The summed E-state index contributed by atoms with van der Waals surface area (Å²) in [5, 5.41) is 4.88. The van der Waals surface area contributed by atoms with E-state index in [1.54, 1.807) is 0 Å². The largest absolute Gasteiger partial charge is 0.355 e. The van der Waals surface area contributed by atoms with Crippen LogP contribution in [0.5, 0.6) is 0 Å². The Morgan fingerprint density at radius 2 is 1.43 bits per heavy atom. The topological polar surface area (TPSA) is 47.0 Å². The fraction of sp³-hybridized carbons (Fsp3) is 0.432. The molecule has 3 heterocycles. The molecule has 1 amide bonds. The van der Waals surface area contributed by atoms with Crippen molar-refractivity contribution in [3.63, 3.8) is 0 Å². The quantitative estimate of drug-likeness (QED) is 0.258. The van der Waals surface area contributed by atoms with Crippen LogP contribution in [0.1, 0.15) is 33.6 Å². The van der Waals surface area contributed by atoms with Crippen LogP contribution in [0.15, 0.2) is 72.8 Å². The van der Waals surface area contributed by atoms with Gasteiger partial charge in [-0.3, -0.25) is 9.69 Å². The zero-order valence-electron chi connectivity index (χ0n) is 26.8. The van der Waals surface area contributed by atoms with Crippen LogP contribution in [0.25, 0.3) is 10.9 Å². The van der Waals surface area contributed by atoms with Gasteiger partial charge in [0.2, 0.25) is 0 Å². The van der Waals surface area contributed by atoms with Gasteiger partial charge in [0, 0.05) is 99.0 Å². The Kier molecular flexibility index (Phi) is 9.65. The van der Waals surface area contributed by atoms with Gasteiger partial charge in [-0.2, -0.15) is 0 Å². The lowest BCUT2D eigenvalue weighted by Gasteiger charge is -2.34. The molecule has 1 N–H and O–H groups in total. The SMILES string of the molecule is Cc1c(C)n(CCCN2CCN(C)CC2)c2ccc(Nc3cccc(C(=O)N4CCN(CCc5ccccc5)CC4)c3)cc12. The standard InChI is InChI=1S/C37H48N6O/c1-29-30(2)43(17-8-16-40-21-19-39(3)20-22-40)36-14-13-34(28-35(29)36)38-33-12-7-11-32(27-33)37(44)42-25-23-41(24-26-42)18-15-31-9-5-4-6-10-31/h4-7,9-14,27-28,38H,8,15-26H2,1-3H3. The molecular weight excluding hydrogens is 544 g/mol. The van der Waals surface area contributed by atoms with Gasteiger partial charge in [0.15, 0.2) is 0 Å². The van der Waals surface area contributed by atoms with Gasteiger partial charge < -0.3 is 24.6 Å². The zero-order chi connectivity index (χ0) is 30.5. The number of carbonyl (C=O) groups is 1. The summed E-state index contributed by atoms with van der Waals surface area (Å²) in [5.41, 5.74) is 8.10. The highest BCUT2D eigenvalue weighted by molar-refractivity contribution is 5.95. The average Bonchev–Trinajstić information content (AvgIpc) is 3.29. The van der Waals surface area contributed by atoms with Crippen molar-refractivity contribution in [3.05, 3.63) is 95.2 Å². The highest BCUT2D eigenvalue weighted by atomic mass is 16.2. The Morgan fingerprint density at radius 1 is 0.727 bits per heavy atom. The minimum atomic E-state index is 0.118. The van der Waals surface area contributed by atoms with Crippen molar-refractivity contribution in [2.75, 3.05) is 77.8 Å². The zero-order valence-corrected chi connectivity index (χ0v) is 26.8. The fourth-order valence-corrected chi connectivity index (χ4v) is 6.73. The summed E-state index contributed by atoms with van der Waals surface area (Å²) >= 11 is 0. The van der Waals surface area contributed by atoms with Crippen LogP contribution in [-0.4, -0.2) is 103 Å². The monoisotopic (exact) mass is 592 g/mol. The Labute approximate surface area is 263 Å². The van der Waals surface area contributed by atoms with Crippen molar-refractivity contribution in [3.8, 4) is 0 Å². The van der Waals surface area contributed by atoms with Gasteiger partial charge in [-0.1, -0.05) is 36.4 Å². The molecule has 44 heavy (non-hydrogen) atoms. The molecular formula is C37H48N6O. The first-order valence-electron chi connectivity index (χ1n) is 16.4. The summed E-state index contributed by atoms with van der Waals surface area (Å²) in [7, 11) is 2.21. The lowest BCUT2D eigenvalue weighted by Crippen LogP contribution is -2.49. The second-order valence-electron chi connectivity index (χ2n) is 12.7. The van der Waals surface area contributed by atoms with E-state index < -0.39 is 0 Å². The molecule has 7 heteroatoms. The number of fused-ring (bicyclic) bond motifs is 1. The van der Waals surface area contributed by atoms with Crippen LogP contribution >= 0.6 is 0 Å². The minimum absolute atomic E-state index is 0.118. The Morgan fingerprint density at radius 3 is 2.20 bits per heavy atom. The normalized spacial score (nSPS) is 16.9. The van der Waals surface area contributed by atoms with E-state index in [0.29, 0.717) is 0 Å². The van der Waals surface area contributed by atoms with Gasteiger partial charge in [-0.25, -0.2) is 0 Å². The van der Waals surface area contributed by atoms with Crippen LogP contribution in [0.3, 0.4) is 0 Å². The maximum atomic E-state index is 13.4. The number of benzene rings is 3. The number of rotatable bonds is 10. The highest BCUT2D eigenvalue weighted by Gasteiger charge is 2.22. The molecule has 0 spiro atoms. The number of hydrogen-bond donors (Lipinski definition) is 1. The number of nitrogens with zero attached hydrogens (tertiary/aromatic N) is 5. The third-order valence-corrected chi connectivity index (χ3v) is 9.71. The first-order chi connectivity index (χ1) is 21.4. The molecule has 0 unspecified atom stereocenters. The van der Waals surface area contributed by atoms with Crippen LogP contribution in [-0.2, 0) is 13.0 Å². The number of aryl methyl sites for hydroxylation is 2. The van der Waals surface area contributed by atoms with Gasteiger partial charge >= 0.3 is 0 Å². The maximum absolute atomic E-state index is 13.4. The molecule has 232 valence electrons. The summed E-state index contributed by atoms with van der Waals surface area (Å²) in [6.45, 7) is 15.8. The van der Waals surface area contributed by atoms with Crippen molar-refractivity contribution in [2.45, 2.75) is 33.2 Å². The first-order valence-corrected chi connectivity index (χ1v) is 16.4. The van der Waals surface area contributed by atoms with E-state index in [4.69, 9.17) is 0 Å². The van der Waals surface area contributed by atoms with Crippen LogP contribution in [0, 0.1) is 13.8 Å². The predicted octanol–water partition coefficient (Wildman–Crippen LogP) is 5.64. The van der Waals surface area contributed by atoms with Crippen LogP contribution in [0.2, 0.25) is 0 Å². The van der Waals surface area contributed by atoms with E-state index in [9.17, 15) is 4.79 Å².